The average molecular weight is 385 g/mol. The van der Waals surface area contributed by atoms with Crippen LogP contribution in [0.5, 0.6) is 0 Å². The Morgan fingerprint density at radius 1 is 1.04 bits per heavy atom. The summed E-state index contributed by atoms with van der Waals surface area (Å²) < 4.78 is 2.40. The van der Waals surface area contributed by atoms with Crippen molar-refractivity contribution in [3.05, 3.63) is 76.5 Å². The number of rotatable bonds is 4. The zero-order chi connectivity index (χ0) is 17.1. The number of anilines is 1. The number of amides is 2. The van der Waals surface area contributed by atoms with Gasteiger partial charge in [0.1, 0.15) is 5.69 Å². The topological polar surface area (TPSA) is 90.0 Å². The lowest BCUT2D eigenvalue weighted by Crippen LogP contribution is -2.15. The summed E-state index contributed by atoms with van der Waals surface area (Å²) in [4.78, 5) is 23.6. The number of benzene rings is 2. The van der Waals surface area contributed by atoms with Gasteiger partial charge in [-0.3, -0.25) is 9.59 Å². The van der Waals surface area contributed by atoms with Crippen LogP contribution in [0, 0.1) is 0 Å². The van der Waals surface area contributed by atoms with Gasteiger partial charge in [0.05, 0.1) is 11.4 Å². The van der Waals surface area contributed by atoms with E-state index in [-0.39, 0.29) is 11.6 Å². The summed E-state index contributed by atoms with van der Waals surface area (Å²) in [6.45, 7) is 0. The third-order valence-corrected chi connectivity index (χ3v) is 3.88. The number of nitrogens with zero attached hydrogens (tertiary/aromatic N) is 2. The van der Waals surface area contributed by atoms with E-state index >= 15 is 0 Å². The molecule has 2 aromatic carbocycles. The number of hydrogen-bond donors (Lipinski definition) is 2. The molecule has 0 aliphatic carbocycles. The Kier molecular flexibility index (Phi) is 4.43. The van der Waals surface area contributed by atoms with Gasteiger partial charge >= 0.3 is 0 Å². The van der Waals surface area contributed by atoms with Crippen molar-refractivity contribution in [3.8, 4) is 5.69 Å². The molecule has 0 spiro atoms. The molecular formula is C17H13BrN4O2. The highest BCUT2D eigenvalue weighted by atomic mass is 79.9. The number of aromatic nitrogens is 2. The first-order valence-electron chi connectivity index (χ1n) is 7.06. The molecule has 0 aliphatic rings. The van der Waals surface area contributed by atoms with Crippen LogP contribution in [0.3, 0.4) is 0 Å². The van der Waals surface area contributed by atoms with E-state index in [4.69, 9.17) is 5.73 Å². The van der Waals surface area contributed by atoms with Crippen molar-refractivity contribution < 1.29 is 9.59 Å². The highest BCUT2D eigenvalue weighted by molar-refractivity contribution is 9.10. The monoisotopic (exact) mass is 384 g/mol. The van der Waals surface area contributed by atoms with Crippen molar-refractivity contribution in [2.24, 2.45) is 5.73 Å². The van der Waals surface area contributed by atoms with E-state index in [9.17, 15) is 9.59 Å². The van der Waals surface area contributed by atoms with Crippen molar-refractivity contribution in [1.82, 2.24) is 9.78 Å². The van der Waals surface area contributed by atoms with E-state index in [1.165, 1.54) is 10.7 Å². The molecule has 3 rings (SSSR count). The van der Waals surface area contributed by atoms with Crippen molar-refractivity contribution in [2.75, 3.05) is 5.32 Å². The highest BCUT2D eigenvalue weighted by Gasteiger charge is 2.12. The van der Waals surface area contributed by atoms with Crippen molar-refractivity contribution in [2.45, 2.75) is 0 Å². The van der Waals surface area contributed by atoms with E-state index in [0.717, 1.165) is 4.47 Å². The van der Waals surface area contributed by atoms with Gasteiger partial charge in [0.25, 0.3) is 11.8 Å². The molecule has 2 amide bonds. The number of nitrogens with one attached hydrogen (secondary N) is 1. The van der Waals surface area contributed by atoms with Crippen molar-refractivity contribution in [1.29, 1.82) is 0 Å². The van der Waals surface area contributed by atoms with Gasteiger partial charge in [-0.05, 0) is 42.5 Å². The zero-order valence-corrected chi connectivity index (χ0v) is 14.0. The molecule has 120 valence electrons. The summed E-state index contributed by atoms with van der Waals surface area (Å²) in [6.07, 6.45) is 1.62. The van der Waals surface area contributed by atoms with Gasteiger partial charge in [0, 0.05) is 16.2 Å². The minimum atomic E-state index is -0.606. The summed E-state index contributed by atoms with van der Waals surface area (Å²) in [5.41, 5.74) is 7.12. The summed E-state index contributed by atoms with van der Waals surface area (Å²) >= 11 is 3.34. The lowest BCUT2D eigenvalue weighted by atomic mass is 10.2. The first kappa shape index (κ1) is 15.9. The summed E-state index contributed by atoms with van der Waals surface area (Å²) in [7, 11) is 0. The normalized spacial score (nSPS) is 10.4. The van der Waals surface area contributed by atoms with Gasteiger partial charge in [-0.15, -0.1) is 0 Å². The Balaban J connectivity index is 1.90. The van der Waals surface area contributed by atoms with Crippen molar-refractivity contribution in [3.63, 3.8) is 0 Å². The molecule has 0 unspecified atom stereocenters. The fraction of sp³-hybridized carbons (Fsp3) is 0. The first-order chi connectivity index (χ1) is 11.5. The van der Waals surface area contributed by atoms with Crippen LogP contribution in [0.2, 0.25) is 0 Å². The van der Waals surface area contributed by atoms with Crippen LogP contribution in [-0.2, 0) is 0 Å². The smallest absolute Gasteiger partial charge is 0.269 e. The second-order valence-electron chi connectivity index (χ2n) is 4.99. The molecule has 7 heteroatoms. The van der Waals surface area contributed by atoms with Crippen LogP contribution >= 0.6 is 15.9 Å². The molecule has 0 aliphatic heterocycles. The Morgan fingerprint density at radius 2 is 1.75 bits per heavy atom. The van der Waals surface area contributed by atoms with E-state index < -0.39 is 5.91 Å². The van der Waals surface area contributed by atoms with Crippen LogP contribution < -0.4 is 11.1 Å². The Hall–Kier alpha value is -2.93. The number of nitrogens with two attached hydrogens (primary N) is 1. The standard InChI is InChI=1S/C17H13BrN4O2/c18-12-7-5-11(6-8-12)17(24)20-13-3-1-2-4-15(13)22-10-9-14(21-22)16(19)23/h1-10H,(H2,19,23)(H,20,24). The molecule has 1 heterocycles. The minimum Gasteiger partial charge on any atom is -0.364 e. The number of carbonyl (C=O) groups is 2. The SMILES string of the molecule is NC(=O)c1ccn(-c2ccccc2NC(=O)c2ccc(Br)cc2)n1. The first-order valence-corrected chi connectivity index (χ1v) is 7.86. The lowest BCUT2D eigenvalue weighted by Gasteiger charge is -2.11. The zero-order valence-electron chi connectivity index (χ0n) is 12.4. The molecule has 0 saturated heterocycles. The fourth-order valence-corrected chi connectivity index (χ4v) is 2.43. The van der Waals surface area contributed by atoms with E-state index in [1.807, 2.05) is 6.07 Å². The molecule has 24 heavy (non-hydrogen) atoms. The maximum Gasteiger partial charge on any atom is 0.269 e. The maximum absolute atomic E-state index is 12.4. The third-order valence-electron chi connectivity index (χ3n) is 3.35. The van der Waals surface area contributed by atoms with Crippen LogP contribution in [0.15, 0.2) is 65.3 Å². The van der Waals surface area contributed by atoms with Gasteiger partial charge in [-0.1, -0.05) is 28.1 Å². The molecular weight excluding hydrogens is 372 g/mol. The average Bonchev–Trinajstić information content (AvgIpc) is 3.06. The van der Waals surface area contributed by atoms with Crippen LogP contribution in [0.4, 0.5) is 5.69 Å². The van der Waals surface area contributed by atoms with Crippen LogP contribution in [-0.4, -0.2) is 21.6 Å². The van der Waals surface area contributed by atoms with E-state index in [2.05, 4.69) is 26.3 Å². The largest absolute Gasteiger partial charge is 0.364 e. The molecule has 0 saturated carbocycles. The molecule has 0 bridgehead atoms. The molecule has 0 atom stereocenters. The third kappa shape index (κ3) is 3.36. The van der Waals surface area contributed by atoms with Gasteiger partial charge < -0.3 is 11.1 Å². The molecule has 1 aromatic heterocycles. The second kappa shape index (κ2) is 6.67. The van der Waals surface area contributed by atoms with Crippen LogP contribution in [0.25, 0.3) is 5.69 Å². The lowest BCUT2D eigenvalue weighted by molar-refractivity contribution is 0.0992. The van der Waals surface area contributed by atoms with Gasteiger partial charge in [-0.2, -0.15) is 5.10 Å². The van der Waals surface area contributed by atoms with Gasteiger partial charge in [0.15, 0.2) is 0 Å². The van der Waals surface area contributed by atoms with E-state index in [1.54, 1.807) is 48.7 Å². The number of para-hydroxylation sites is 2. The predicted molar refractivity (Wildman–Crippen MR) is 94.2 cm³/mol. The minimum absolute atomic E-state index is 0.157. The summed E-state index contributed by atoms with van der Waals surface area (Å²) in [5.74, 6) is -0.845. The molecule has 0 fully saturated rings. The molecule has 6 nitrogen and oxygen atoms in total. The van der Waals surface area contributed by atoms with Gasteiger partial charge in [0.2, 0.25) is 0 Å². The highest BCUT2D eigenvalue weighted by Crippen LogP contribution is 2.21. The number of primary amides is 1. The maximum atomic E-state index is 12.4. The predicted octanol–water partition coefficient (Wildman–Crippen LogP) is 2.99. The number of carbonyl (C=O) groups excluding carboxylic acids is 2. The Labute approximate surface area is 146 Å². The molecule has 3 aromatic rings. The Morgan fingerprint density at radius 3 is 2.42 bits per heavy atom. The Bertz CT molecular complexity index is 903. The van der Waals surface area contributed by atoms with Crippen molar-refractivity contribution >= 4 is 33.4 Å². The quantitative estimate of drug-likeness (QED) is 0.724. The molecule has 3 N–H and O–H groups in total. The van der Waals surface area contributed by atoms with Crippen LogP contribution in [0.1, 0.15) is 20.8 Å². The van der Waals surface area contributed by atoms with Gasteiger partial charge in [-0.25, -0.2) is 4.68 Å². The number of hydrogen-bond acceptors (Lipinski definition) is 3. The summed E-state index contributed by atoms with van der Waals surface area (Å²) in [6, 6.07) is 15.7. The fourth-order valence-electron chi connectivity index (χ4n) is 2.16. The number of halogens is 1. The molecule has 0 radical (unpaired) electrons. The summed E-state index contributed by atoms with van der Waals surface area (Å²) in [5, 5.41) is 6.97. The second-order valence-corrected chi connectivity index (χ2v) is 5.90. The van der Waals surface area contributed by atoms with E-state index in [0.29, 0.717) is 16.9 Å².